The molecule has 0 bridgehead atoms. The van der Waals surface area contributed by atoms with Crippen molar-refractivity contribution in [1.82, 2.24) is 9.97 Å². The molecule has 0 unspecified atom stereocenters. The van der Waals surface area contributed by atoms with Crippen LogP contribution in [0.3, 0.4) is 0 Å². The average molecular weight is 564 g/mol. The number of ether oxygens (including phenoxy) is 2. The highest BCUT2D eigenvalue weighted by molar-refractivity contribution is 7.92. The highest BCUT2D eigenvalue weighted by atomic mass is 32.2. The van der Waals surface area contributed by atoms with Gasteiger partial charge in [-0.25, -0.2) is 18.2 Å². The minimum atomic E-state index is -5.13. The number of hydrogen-bond acceptors (Lipinski definition) is 9. The maximum Gasteiger partial charge on any atom is 0.491 e. The van der Waals surface area contributed by atoms with Gasteiger partial charge in [0.1, 0.15) is 11.6 Å². The number of rotatable bonds is 6. The molecule has 0 spiro atoms. The Hall–Kier alpha value is -3.91. The van der Waals surface area contributed by atoms with E-state index in [1.807, 2.05) is 15.9 Å². The molecule has 1 aromatic heterocycles. The Morgan fingerprint density at radius 1 is 1.05 bits per heavy atom. The van der Waals surface area contributed by atoms with Gasteiger partial charge in [-0.3, -0.25) is 4.72 Å². The van der Waals surface area contributed by atoms with Gasteiger partial charge in [-0.1, -0.05) is 18.2 Å². The van der Waals surface area contributed by atoms with E-state index in [0.717, 1.165) is 11.8 Å². The fraction of sp³-hybridized carbons (Fsp3) is 0.320. The van der Waals surface area contributed by atoms with Crippen LogP contribution in [0, 0.1) is 0 Å². The van der Waals surface area contributed by atoms with E-state index >= 15 is 0 Å². The second-order valence-corrected chi connectivity index (χ2v) is 10.8. The van der Waals surface area contributed by atoms with Gasteiger partial charge in [0.05, 0.1) is 30.9 Å². The molecule has 0 atom stereocenters. The lowest BCUT2D eigenvalue weighted by molar-refractivity contribution is -0.189. The number of carbonyl (C=O) groups excluding carboxylic acids is 1. The standard InChI is InChI=1S/C25H24F3N5O5S/c1-39(35,36)31-17-5-3-6-18(15-17)33-9-8-20-21(29-24(30-22(20)33)32-10-12-37-13-11-32)16-4-2-7-19(14-16)38-23(34)25(26,27)28/h2-7,14-15,31H,8-13H2,1H3. The third-order valence-corrected chi connectivity index (χ3v) is 6.73. The van der Waals surface area contributed by atoms with Crippen molar-refractivity contribution in [3.8, 4) is 17.0 Å². The summed E-state index contributed by atoms with van der Waals surface area (Å²) < 4.78 is 74.3. The summed E-state index contributed by atoms with van der Waals surface area (Å²) in [5.41, 5.74) is 2.82. The number of anilines is 4. The smallest absolute Gasteiger partial charge is 0.420 e. The zero-order chi connectivity index (χ0) is 27.8. The summed E-state index contributed by atoms with van der Waals surface area (Å²) in [4.78, 5) is 24.9. The number of nitrogens with zero attached hydrogens (tertiary/aromatic N) is 4. The van der Waals surface area contributed by atoms with Crippen LogP contribution in [0.1, 0.15) is 5.56 Å². The number of carbonyl (C=O) groups is 1. The molecule has 1 fully saturated rings. The molecule has 14 heteroatoms. The number of halogens is 3. The summed E-state index contributed by atoms with van der Waals surface area (Å²) >= 11 is 0. The van der Waals surface area contributed by atoms with E-state index in [1.165, 1.54) is 18.2 Å². The van der Waals surface area contributed by atoms with Crippen molar-refractivity contribution in [2.24, 2.45) is 0 Å². The van der Waals surface area contributed by atoms with Crippen LogP contribution in [0.4, 0.5) is 36.3 Å². The lowest BCUT2D eigenvalue weighted by Gasteiger charge is -2.28. The molecule has 5 rings (SSSR count). The molecular weight excluding hydrogens is 539 g/mol. The SMILES string of the molecule is CS(=O)(=O)Nc1cccc(N2CCc3c(-c4cccc(OC(=O)C(F)(F)F)c4)nc(N4CCOCC4)nc32)c1. The van der Waals surface area contributed by atoms with Gasteiger partial charge in [-0.05, 0) is 36.8 Å². The number of fused-ring (bicyclic) bond motifs is 1. The molecule has 1 saturated heterocycles. The Labute approximate surface area is 222 Å². The molecule has 0 saturated carbocycles. The summed E-state index contributed by atoms with van der Waals surface area (Å²) in [6.45, 7) is 2.59. The van der Waals surface area contributed by atoms with Crippen LogP contribution in [0.15, 0.2) is 48.5 Å². The average Bonchev–Trinajstić information content (AvgIpc) is 3.31. The van der Waals surface area contributed by atoms with Crippen LogP contribution in [-0.2, 0) is 26.0 Å². The molecule has 3 aromatic rings. The molecule has 1 N–H and O–H groups in total. The highest BCUT2D eigenvalue weighted by Gasteiger charge is 2.41. The third-order valence-electron chi connectivity index (χ3n) is 6.12. The first-order chi connectivity index (χ1) is 18.5. The zero-order valence-corrected chi connectivity index (χ0v) is 21.6. The van der Waals surface area contributed by atoms with E-state index in [1.54, 1.807) is 24.3 Å². The van der Waals surface area contributed by atoms with Crippen molar-refractivity contribution < 1.29 is 35.9 Å². The summed E-state index contributed by atoms with van der Waals surface area (Å²) in [5, 5.41) is 0. The van der Waals surface area contributed by atoms with Crippen LogP contribution in [-0.4, -0.2) is 69.6 Å². The van der Waals surface area contributed by atoms with Gasteiger partial charge in [-0.15, -0.1) is 0 Å². The molecule has 0 aliphatic carbocycles. The molecule has 39 heavy (non-hydrogen) atoms. The first-order valence-electron chi connectivity index (χ1n) is 12.0. The highest BCUT2D eigenvalue weighted by Crippen LogP contribution is 2.40. The number of nitrogens with one attached hydrogen (secondary N) is 1. The van der Waals surface area contributed by atoms with Crippen LogP contribution in [0.5, 0.6) is 5.75 Å². The van der Waals surface area contributed by atoms with Gasteiger partial charge < -0.3 is 19.3 Å². The monoisotopic (exact) mass is 563 g/mol. The first kappa shape index (κ1) is 26.7. The molecule has 0 amide bonds. The molecule has 0 radical (unpaired) electrons. The van der Waals surface area contributed by atoms with Gasteiger partial charge in [0.25, 0.3) is 0 Å². The fourth-order valence-electron chi connectivity index (χ4n) is 4.46. The van der Waals surface area contributed by atoms with Crippen molar-refractivity contribution in [2.45, 2.75) is 12.6 Å². The number of esters is 1. The van der Waals surface area contributed by atoms with E-state index in [0.29, 0.717) is 73.7 Å². The van der Waals surface area contributed by atoms with Crippen LogP contribution >= 0.6 is 0 Å². The minimum Gasteiger partial charge on any atom is -0.420 e. The summed E-state index contributed by atoms with van der Waals surface area (Å²) in [6, 6.07) is 12.7. The van der Waals surface area contributed by atoms with Gasteiger partial charge >= 0.3 is 12.1 Å². The lowest BCUT2D eigenvalue weighted by Crippen LogP contribution is -2.37. The Bertz CT molecular complexity index is 1510. The van der Waals surface area contributed by atoms with E-state index < -0.39 is 22.2 Å². The number of morpholine rings is 1. The first-order valence-corrected chi connectivity index (χ1v) is 13.9. The van der Waals surface area contributed by atoms with Gasteiger partial charge in [0.2, 0.25) is 16.0 Å². The van der Waals surface area contributed by atoms with E-state index in [9.17, 15) is 26.4 Å². The van der Waals surface area contributed by atoms with E-state index in [-0.39, 0.29) is 5.75 Å². The van der Waals surface area contributed by atoms with Gasteiger partial charge in [0, 0.05) is 36.4 Å². The summed E-state index contributed by atoms with van der Waals surface area (Å²) in [7, 11) is -3.48. The molecular formula is C25H24F3N5O5S. The molecule has 10 nitrogen and oxygen atoms in total. The predicted molar refractivity (Wildman–Crippen MR) is 138 cm³/mol. The largest absolute Gasteiger partial charge is 0.491 e. The summed E-state index contributed by atoms with van der Waals surface area (Å²) in [5.74, 6) is -1.56. The molecule has 2 aromatic carbocycles. The maximum atomic E-state index is 12.8. The number of hydrogen-bond donors (Lipinski definition) is 1. The second kappa shape index (κ2) is 10.3. The molecule has 2 aliphatic rings. The Balaban J connectivity index is 1.57. The number of alkyl halides is 3. The molecule has 206 valence electrons. The Kier molecular flexibility index (Phi) is 7.07. The van der Waals surface area contributed by atoms with Gasteiger partial charge in [0.15, 0.2) is 0 Å². The van der Waals surface area contributed by atoms with Crippen molar-refractivity contribution in [2.75, 3.05) is 53.6 Å². The number of benzene rings is 2. The van der Waals surface area contributed by atoms with Crippen LogP contribution < -0.4 is 19.3 Å². The fourth-order valence-corrected chi connectivity index (χ4v) is 5.02. The predicted octanol–water partition coefficient (Wildman–Crippen LogP) is 3.51. The topological polar surface area (TPSA) is 114 Å². The zero-order valence-electron chi connectivity index (χ0n) is 20.7. The van der Waals surface area contributed by atoms with Gasteiger partial charge in [-0.2, -0.15) is 18.2 Å². The quantitative estimate of drug-likeness (QED) is 0.356. The third kappa shape index (κ3) is 6.06. The van der Waals surface area contributed by atoms with Crippen molar-refractivity contribution in [3.05, 3.63) is 54.1 Å². The number of sulfonamides is 1. The van der Waals surface area contributed by atoms with E-state index in [4.69, 9.17) is 14.7 Å². The van der Waals surface area contributed by atoms with Crippen LogP contribution in [0.25, 0.3) is 11.3 Å². The summed E-state index contributed by atoms with van der Waals surface area (Å²) in [6.07, 6.45) is -3.54. The molecule has 2 aliphatic heterocycles. The lowest BCUT2D eigenvalue weighted by atomic mass is 10.1. The minimum absolute atomic E-state index is 0.260. The Morgan fingerprint density at radius 2 is 1.79 bits per heavy atom. The van der Waals surface area contributed by atoms with Crippen molar-refractivity contribution in [1.29, 1.82) is 0 Å². The maximum absolute atomic E-state index is 12.8. The second-order valence-electron chi connectivity index (χ2n) is 9.02. The van der Waals surface area contributed by atoms with Crippen molar-refractivity contribution >= 4 is 39.1 Å². The van der Waals surface area contributed by atoms with E-state index in [2.05, 4.69) is 9.46 Å². The normalized spacial score (nSPS) is 15.7. The van der Waals surface area contributed by atoms with Crippen molar-refractivity contribution in [3.63, 3.8) is 0 Å². The molecule has 3 heterocycles. The number of aromatic nitrogens is 2. The van der Waals surface area contributed by atoms with Crippen LogP contribution in [0.2, 0.25) is 0 Å². The Morgan fingerprint density at radius 3 is 2.51 bits per heavy atom.